The van der Waals surface area contributed by atoms with Crippen LogP contribution in [0.1, 0.15) is 11.1 Å². The van der Waals surface area contributed by atoms with Gasteiger partial charge < -0.3 is 5.32 Å². The van der Waals surface area contributed by atoms with Crippen molar-refractivity contribution in [2.45, 2.75) is 6.42 Å². The van der Waals surface area contributed by atoms with Gasteiger partial charge in [-0.05, 0) is 66.1 Å². The zero-order valence-electron chi connectivity index (χ0n) is 15.7. The van der Waals surface area contributed by atoms with Gasteiger partial charge in [-0.1, -0.05) is 12.1 Å². The Morgan fingerprint density at radius 1 is 0.966 bits per heavy atom. The topological polar surface area (TPSA) is 79.4 Å². The van der Waals surface area contributed by atoms with Gasteiger partial charge in [-0.2, -0.15) is 0 Å². The van der Waals surface area contributed by atoms with E-state index in [4.69, 9.17) is 0 Å². The second-order valence-electron chi connectivity index (χ2n) is 6.52. The number of carbonyl (C=O) groups is 1. The van der Waals surface area contributed by atoms with Crippen LogP contribution < -0.4 is 9.62 Å². The van der Waals surface area contributed by atoms with Crippen molar-refractivity contribution in [3.05, 3.63) is 90.0 Å². The van der Waals surface area contributed by atoms with Crippen LogP contribution in [-0.2, 0) is 21.2 Å². The number of hydrogen-bond donors (Lipinski definition) is 1. The average molecular weight is 413 g/mol. The number of pyridine rings is 1. The molecule has 0 aliphatic heterocycles. The summed E-state index contributed by atoms with van der Waals surface area (Å²) in [5.41, 5.74) is 2.97. The largest absolute Gasteiger partial charge is 0.325 e. The Morgan fingerprint density at radius 2 is 1.55 bits per heavy atom. The van der Waals surface area contributed by atoms with E-state index in [1.165, 1.54) is 12.1 Å². The van der Waals surface area contributed by atoms with E-state index in [-0.39, 0.29) is 5.69 Å². The Hall–Kier alpha value is -3.26. The Bertz CT molecular complexity index is 1070. The number of nitrogens with one attached hydrogen (secondary N) is 1. The van der Waals surface area contributed by atoms with Gasteiger partial charge in [0, 0.05) is 18.1 Å². The molecule has 1 amide bonds. The van der Waals surface area contributed by atoms with E-state index in [2.05, 4.69) is 10.3 Å². The molecule has 0 spiro atoms. The third-order valence-corrected chi connectivity index (χ3v) is 5.34. The number of benzene rings is 2. The molecule has 0 aliphatic rings. The fraction of sp³-hybridized carbons (Fsp3) is 0.143. The van der Waals surface area contributed by atoms with E-state index in [0.29, 0.717) is 5.69 Å². The minimum atomic E-state index is -3.71. The highest BCUT2D eigenvalue weighted by atomic mass is 32.2. The fourth-order valence-electron chi connectivity index (χ4n) is 2.78. The van der Waals surface area contributed by atoms with E-state index in [1.54, 1.807) is 24.5 Å². The number of aromatic nitrogens is 1. The molecule has 6 nitrogen and oxygen atoms in total. The van der Waals surface area contributed by atoms with Crippen molar-refractivity contribution in [2.24, 2.45) is 0 Å². The summed E-state index contributed by atoms with van der Waals surface area (Å²) in [5, 5.41) is 2.69. The molecule has 0 saturated heterocycles. The van der Waals surface area contributed by atoms with E-state index in [9.17, 15) is 17.6 Å². The minimum Gasteiger partial charge on any atom is -0.325 e. The first-order valence-electron chi connectivity index (χ1n) is 8.82. The quantitative estimate of drug-likeness (QED) is 0.645. The third kappa shape index (κ3) is 5.86. The highest BCUT2D eigenvalue weighted by molar-refractivity contribution is 7.92. The fourth-order valence-corrected chi connectivity index (χ4v) is 3.64. The van der Waals surface area contributed by atoms with Gasteiger partial charge in [-0.25, -0.2) is 12.8 Å². The molecule has 0 radical (unpaired) electrons. The van der Waals surface area contributed by atoms with Crippen molar-refractivity contribution < 1.29 is 17.6 Å². The number of carbonyl (C=O) groups excluding carboxylic acids is 1. The van der Waals surface area contributed by atoms with E-state index in [1.807, 2.05) is 24.3 Å². The molecule has 0 bridgehead atoms. The molecule has 0 unspecified atom stereocenters. The molecule has 3 rings (SSSR count). The Kier molecular flexibility index (Phi) is 6.23. The molecular formula is C21H20FN3O3S. The lowest BCUT2D eigenvalue weighted by atomic mass is 10.1. The van der Waals surface area contributed by atoms with Gasteiger partial charge in [0.05, 0.1) is 11.9 Å². The molecule has 1 aromatic heterocycles. The summed E-state index contributed by atoms with van der Waals surface area (Å²) in [6.07, 6.45) is 5.21. The normalized spacial score (nSPS) is 11.1. The number of sulfonamides is 1. The first-order chi connectivity index (χ1) is 13.8. The first-order valence-corrected chi connectivity index (χ1v) is 10.7. The molecule has 3 aromatic rings. The maximum absolute atomic E-state index is 13.1. The summed E-state index contributed by atoms with van der Waals surface area (Å²) < 4.78 is 38.2. The van der Waals surface area contributed by atoms with Crippen LogP contribution in [0.2, 0.25) is 0 Å². The Morgan fingerprint density at radius 3 is 2.14 bits per heavy atom. The van der Waals surface area contributed by atoms with Crippen molar-refractivity contribution in [3.8, 4) is 0 Å². The second-order valence-corrected chi connectivity index (χ2v) is 8.43. The molecule has 150 valence electrons. The van der Waals surface area contributed by atoms with Gasteiger partial charge in [0.1, 0.15) is 12.4 Å². The predicted octanol–water partition coefficient (Wildman–Crippen LogP) is 3.22. The summed E-state index contributed by atoms with van der Waals surface area (Å²) >= 11 is 0. The number of amides is 1. The SMILES string of the molecule is CS(=O)(=O)N(CC(=O)Nc1ccc(Cc2ccncc2)cc1)c1ccc(F)cc1. The van der Waals surface area contributed by atoms with E-state index < -0.39 is 28.3 Å². The van der Waals surface area contributed by atoms with Gasteiger partial charge in [-0.15, -0.1) is 0 Å². The van der Waals surface area contributed by atoms with Crippen LogP contribution in [0.5, 0.6) is 0 Å². The smallest absolute Gasteiger partial charge is 0.245 e. The van der Waals surface area contributed by atoms with Gasteiger partial charge in [-0.3, -0.25) is 14.1 Å². The van der Waals surface area contributed by atoms with Crippen LogP contribution >= 0.6 is 0 Å². The summed E-state index contributed by atoms with van der Waals surface area (Å²) in [7, 11) is -3.71. The van der Waals surface area contributed by atoms with Crippen LogP contribution in [0, 0.1) is 5.82 Å². The van der Waals surface area contributed by atoms with Crippen LogP contribution in [0.4, 0.5) is 15.8 Å². The summed E-state index contributed by atoms with van der Waals surface area (Å²) in [5.74, 6) is -0.986. The molecule has 0 atom stereocenters. The number of nitrogens with zero attached hydrogens (tertiary/aromatic N) is 2. The van der Waals surface area contributed by atoms with Crippen molar-refractivity contribution in [1.82, 2.24) is 4.98 Å². The lowest BCUT2D eigenvalue weighted by Gasteiger charge is -2.21. The molecule has 0 saturated carbocycles. The van der Waals surface area contributed by atoms with E-state index >= 15 is 0 Å². The zero-order chi connectivity index (χ0) is 20.9. The maximum Gasteiger partial charge on any atom is 0.245 e. The number of halogens is 1. The molecular weight excluding hydrogens is 393 g/mol. The highest BCUT2D eigenvalue weighted by Gasteiger charge is 2.21. The molecule has 8 heteroatoms. The van der Waals surface area contributed by atoms with Crippen LogP contribution in [0.3, 0.4) is 0 Å². The number of hydrogen-bond acceptors (Lipinski definition) is 4. The maximum atomic E-state index is 13.1. The second kappa shape index (κ2) is 8.83. The van der Waals surface area contributed by atoms with Gasteiger partial charge in [0.2, 0.25) is 15.9 Å². The lowest BCUT2D eigenvalue weighted by Crippen LogP contribution is -2.37. The van der Waals surface area contributed by atoms with Crippen LogP contribution in [0.15, 0.2) is 73.1 Å². The molecule has 29 heavy (non-hydrogen) atoms. The summed E-state index contributed by atoms with van der Waals surface area (Å²) in [6.45, 7) is -0.413. The summed E-state index contributed by atoms with van der Waals surface area (Å²) in [6, 6.07) is 16.1. The Balaban J connectivity index is 1.66. The monoisotopic (exact) mass is 413 g/mol. The molecule has 1 N–H and O–H groups in total. The van der Waals surface area contributed by atoms with Gasteiger partial charge in [0.25, 0.3) is 0 Å². The van der Waals surface area contributed by atoms with Crippen molar-refractivity contribution in [1.29, 1.82) is 0 Å². The Labute approximate surface area is 169 Å². The zero-order valence-corrected chi connectivity index (χ0v) is 16.6. The van der Waals surface area contributed by atoms with Crippen LogP contribution in [0.25, 0.3) is 0 Å². The molecule has 0 fully saturated rings. The van der Waals surface area contributed by atoms with Gasteiger partial charge in [0.15, 0.2) is 0 Å². The molecule has 1 heterocycles. The first kappa shape index (κ1) is 20.5. The van der Waals surface area contributed by atoms with Crippen molar-refractivity contribution in [3.63, 3.8) is 0 Å². The standard InChI is InChI=1S/C21H20FN3O3S/c1-29(27,28)25(20-8-4-18(22)5-9-20)15-21(26)24-19-6-2-16(3-7-19)14-17-10-12-23-13-11-17/h2-13H,14-15H2,1H3,(H,24,26). The number of rotatable bonds is 7. The molecule has 0 aliphatic carbocycles. The van der Waals surface area contributed by atoms with Gasteiger partial charge >= 0.3 is 0 Å². The third-order valence-electron chi connectivity index (χ3n) is 4.20. The van der Waals surface area contributed by atoms with E-state index in [0.717, 1.165) is 40.2 Å². The van der Waals surface area contributed by atoms with Crippen molar-refractivity contribution >= 4 is 27.3 Å². The molecule has 2 aromatic carbocycles. The highest BCUT2D eigenvalue weighted by Crippen LogP contribution is 2.18. The number of anilines is 2. The average Bonchev–Trinajstić information content (AvgIpc) is 2.68. The van der Waals surface area contributed by atoms with Crippen LogP contribution in [-0.4, -0.2) is 32.1 Å². The summed E-state index contributed by atoms with van der Waals surface area (Å²) in [4.78, 5) is 16.4. The lowest BCUT2D eigenvalue weighted by molar-refractivity contribution is -0.114. The predicted molar refractivity (Wildman–Crippen MR) is 111 cm³/mol. The van der Waals surface area contributed by atoms with Crippen molar-refractivity contribution in [2.75, 3.05) is 22.4 Å². The minimum absolute atomic E-state index is 0.219.